The Kier molecular flexibility index (Phi) is 7.63. The van der Waals surface area contributed by atoms with E-state index in [0.717, 1.165) is 41.2 Å². The van der Waals surface area contributed by atoms with Crippen LogP contribution in [0.2, 0.25) is 0 Å². The molecule has 0 bridgehead atoms. The van der Waals surface area contributed by atoms with Gasteiger partial charge in [-0.05, 0) is 71.5 Å². The summed E-state index contributed by atoms with van der Waals surface area (Å²) in [6, 6.07) is 50.1. The lowest BCUT2D eigenvalue weighted by atomic mass is 9.85. The lowest BCUT2D eigenvalue weighted by Gasteiger charge is -2.24. The van der Waals surface area contributed by atoms with Crippen LogP contribution < -0.4 is 5.32 Å². The van der Waals surface area contributed by atoms with E-state index in [1.54, 1.807) is 0 Å². The van der Waals surface area contributed by atoms with E-state index in [1.807, 2.05) is 29.2 Å². The summed E-state index contributed by atoms with van der Waals surface area (Å²) < 4.78 is 5.06. The van der Waals surface area contributed by atoms with Crippen LogP contribution in [0.5, 0.6) is 0 Å². The van der Waals surface area contributed by atoms with Gasteiger partial charge < -0.3 is 9.88 Å². The smallest absolute Gasteiger partial charge is 0.159 e. The highest BCUT2D eigenvalue weighted by Gasteiger charge is 2.36. The molecule has 0 saturated carbocycles. The number of nitrogens with zero attached hydrogens (tertiary/aromatic N) is 3. The highest BCUT2D eigenvalue weighted by atomic mass is 32.2. The Morgan fingerprint density at radius 3 is 2.28 bits per heavy atom. The van der Waals surface area contributed by atoms with Crippen LogP contribution in [0, 0.1) is 0 Å². The average molecular weight is 769 g/mol. The molecule has 2 aromatic heterocycles. The molecule has 0 radical (unpaired) electrons. The second-order valence-corrected chi connectivity index (χ2v) is 17.4. The van der Waals surface area contributed by atoms with Crippen molar-refractivity contribution >= 4 is 77.6 Å². The molecule has 12 rings (SSSR count). The van der Waals surface area contributed by atoms with Gasteiger partial charge in [0.2, 0.25) is 0 Å². The molecule has 0 spiro atoms. The fraction of sp³-hybridized carbons (Fsp3) is 0.0980. The number of allylic oxidation sites excluding steroid dienone is 4. The van der Waals surface area contributed by atoms with E-state index in [1.165, 1.54) is 69.6 Å². The molecular weight excluding hydrogens is 733 g/mol. The van der Waals surface area contributed by atoms with Gasteiger partial charge in [0.05, 0.1) is 5.52 Å². The summed E-state index contributed by atoms with van der Waals surface area (Å²) >= 11 is 3.87. The van der Waals surface area contributed by atoms with Crippen LogP contribution in [0.1, 0.15) is 52.0 Å². The highest BCUT2D eigenvalue weighted by molar-refractivity contribution is 8.00. The summed E-state index contributed by atoms with van der Waals surface area (Å²) in [5.74, 6) is 1.86. The predicted octanol–water partition coefficient (Wildman–Crippen LogP) is 12.8. The summed E-state index contributed by atoms with van der Waals surface area (Å²) in [6.45, 7) is 0. The number of para-hydroxylation sites is 1. The number of hydrogen-bond acceptors (Lipinski definition) is 5. The van der Waals surface area contributed by atoms with E-state index < -0.39 is 0 Å². The van der Waals surface area contributed by atoms with Crippen molar-refractivity contribution in [3.8, 4) is 11.1 Å². The van der Waals surface area contributed by atoms with Crippen molar-refractivity contribution in [2.45, 2.75) is 35.1 Å². The third-order valence-electron chi connectivity index (χ3n) is 11.9. The number of aromatic nitrogens is 1. The first-order chi connectivity index (χ1) is 28.3. The van der Waals surface area contributed by atoms with Crippen LogP contribution in [0.25, 0.3) is 54.0 Å². The molecule has 3 unspecified atom stereocenters. The van der Waals surface area contributed by atoms with Gasteiger partial charge in [-0.1, -0.05) is 133 Å². The van der Waals surface area contributed by atoms with Gasteiger partial charge in [0, 0.05) is 69.7 Å². The monoisotopic (exact) mass is 768 g/mol. The standard InChI is InChI=1S/C51H36N4S2/c1-3-14-31(15-4-1)49-52-50(32-16-5-2-6-17-32)54-51(53-49)39-22-13-27-44-48(39)47-37(21-12-26-43(47)56-44)36-20-11-25-42-46(36)38-29-28-33(30-45(38)57-42)55-40-23-9-7-18-34(40)35-19-8-10-24-41(35)55/h1-9,11-23,25-30,38,45,49H,10,24H2,(H,52,53,54). The van der Waals surface area contributed by atoms with E-state index in [2.05, 4.69) is 174 Å². The quantitative estimate of drug-likeness (QED) is 0.189. The van der Waals surface area contributed by atoms with Gasteiger partial charge in [-0.3, -0.25) is 0 Å². The molecule has 1 N–H and O–H groups in total. The molecule has 0 fully saturated rings. The second-order valence-electron chi connectivity index (χ2n) is 15.1. The summed E-state index contributed by atoms with van der Waals surface area (Å²) in [5.41, 5.74) is 12.6. The van der Waals surface area contributed by atoms with E-state index in [0.29, 0.717) is 5.25 Å². The maximum absolute atomic E-state index is 5.26. The molecule has 8 aromatic rings. The van der Waals surface area contributed by atoms with E-state index in [4.69, 9.17) is 9.98 Å². The van der Waals surface area contributed by atoms with Crippen LogP contribution in [0.3, 0.4) is 0 Å². The number of aliphatic imine (C=N–C) groups is 2. The Morgan fingerprint density at radius 2 is 1.42 bits per heavy atom. The number of thiophene rings is 1. The van der Waals surface area contributed by atoms with Crippen LogP contribution in [0.4, 0.5) is 0 Å². The van der Waals surface area contributed by atoms with Gasteiger partial charge >= 0.3 is 0 Å². The molecule has 4 nitrogen and oxygen atoms in total. The third-order valence-corrected chi connectivity index (χ3v) is 14.3. The molecule has 4 aliphatic rings. The zero-order chi connectivity index (χ0) is 37.5. The van der Waals surface area contributed by atoms with Crippen molar-refractivity contribution in [1.82, 2.24) is 9.88 Å². The van der Waals surface area contributed by atoms with Crippen molar-refractivity contribution < 1.29 is 0 Å². The van der Waals surface area contributed by atoms with Crippen molar-refractivity contribution in [1.29, 1.82) is 0 Å². The number of benzene rings is 6. The molecule has 2 aliphatic carbocycles. The number of nitrogens with one attached hydrogen (secondary N) is 1. The summed E-state index contributed by atoms with van der Waals surface area (Å²) in [7, 11) is 0. The van der Waals surface area contributed by atoms with E-state index in [-0.39, 0.29) is 12.1 Å². The zero-order valence-corrected chi connectivity index (χ0v) is 32.6. The van der Waals surface area contributed by atoms with Gasteiger partial charge in [0.15, 0.2) is 5.84 Å². The van der Waals surface area contributed by atoms with Gasteiger partial charge in [-0.25, -0.2) is 9.98 Å². The number of rotatable bonds is 5. The van der Waals surface area contributed by atoms with E-state index in [9.17, 15) is 0 Å². The molecule has 0 saturated heterocycles. The summed E-state index contributed by atoms with van der Waals surface area (Å²) in [4.78, 5) is 11.8. The molecule has 0 amide bonds. The molecule has 6 heteroatoms. The largest absolute Gasteiger partial charge is 0.344 e. The Labute approximate surface area is 339 Å². The Balaban J connectivity index is 0.987. The van der Waals surface area contributed by atoms with Crippen molar-refractivity contribution in [2.75, 3.05) is 0 Å². The Hall–Kier alpha value is -6.21. The van der Waals surface area contributed by atoms with Gasteiger partial charge in [0.25, 0.3) is 0 Å². The minimum atomic E-state index is -0.262. The normalized spacial score (nSPS) is 19.5. The van der Waals surface area contributed by atoms with Gasteiger partial charge in [0.1, 0.15) is 12.0 Å². The topological polar surface area (TPSA) is 41.7 Å². The molecule has 6 aromatic carbocycles. The molecule has 2 aliphatic heterocycles. The Bertz CT molecular complexity index is 3090. The second kappa shape index (κ2) is 13.2. The Morgan fingerprint density at radius 1 is 0.684 bits per heavy atom. The molecular formula is C51H36N4S2. The maximum atomic E-state index is 5.26. The van der Waals surface area contributed by atoms with Crippen molar-refractivity contribution in [2.24, 2.45) is 9.98 Å². The number of fused-ring (bicyclic) bond motifs is 9. The van der Waals surface area contributed by atoms with Gasteiger partial charge in [-0.15, -0.1) is 23.1 Å². The highest BCUT2D eigenvalue weighted by Crippen LogP contribution is 2.54. The summed E-state index contributed by atoms with van der Waals surface area (Å²) in [5, 5.41) is 7.94. The average Bonchev–Trinajstić information content (AvgIpc) is 3.96. The summed E-state index contributed by atoms with van der Waals surface area (Å²) in [6.07, 6.45) is 13.9. The van der Waals surface area contributed by atoms with Gasteiger partial charge in [-0.2, -0.15) is 0 Å². The molecule has 272 valence electrons. The number of hydrogen-bond donors (Lipinski definition) is 1. The molecule has 4 heterocycles. The van der Waals surface area contributed by atoms with Crippen LogP contribution >= 0.6 is 23.1 Å². The van der Waals surface area contributed by atoms with Crippen LogP contribution in [0.15, 0.2) is 179 Å². The predicted molar refractivity (Wildman–Crippen MR) is 242 cm³/mol. The first-order valence-corrected chi connectivity index (χ1v) is 21.4. The minimum Gasteiger partial charge on any atom is -0.344 e. The maximum Gasteiger partial charge on any atom is 0.159 e. The van der Waals surface area contributed by atoms with E-state index >= 15 is 0 Å². The first kappa shape index (κ1) is 33.0. The molecule has 57 heavy (non-hydrogen) atoms. The van der Waals surface area contributed by atoms with Crippen LogP contribution in [-0.4, -0.2) is 21.5 Å². The number of thioether (sulfide) groups is 1. The van der Waals surface area contributed by atoms with Crippen molar-refractivity contribution in [3.05, 3.63) is 197 Å². The zero-order valence-electron chi connectivity index (χ0n) is 31.0. The minimum absolute atomic E-state index is 0.262. The fourth-order valence-corrected chi connectivity index (χ4v) is 12.0. The third kappa shape index (κ3) is 5.28. The van der Waals surface area contributed by atoms with Crippen molar-refractivity contribution in [3.63, 3.8) is 0 Å². The lowest BCUT2D eigenvalue weighted by Crippen LogP contribution is -2.33. The van der Waals surface area contributed by atoms with Crippen LogP contribution in [-0.2, 0) is 6.42 Å². The lowest BCUT2D eigenvalue weighted by molar-refractivity contribution is 0.674. The SMILES string of the molecule is C1=Cc2c(n(C3=CC4Sc5cccc(-c6cccc7sc8cccc(C9=NC(c%10ccccc%10)=NC(c%10ccccc%10)N9)c8c67)c5C4C=C3)c3ccccc23)CC1. The molecule has 3 atom stereocenters. The fourth-order valence-electron chi connectivity index (χ4n) is 9.39. The number of amidine groups is 2. The first-order valence-electron chi connectivity index (χ1n) is 19.7.